The second kappa shape index (κ2) is 9.36. The van der Waals surface area contributed by atoms with Crippen molar-refractivity contribution in [2.45, 2.75) is 46.1 Å². The van der Waals surface area contributed by atoms with Crippen molar-refractivity contribution < 1.29 is 4.79 Å². The maximum Gasteiger partial charge on any atom is 0.222 e. The lowest BCUT2D eigenvalue weighted by Crippen LogP contribution is -2.28. The first-order valence-corrected chi connectivity index (χ1v) is 9.91. The van der Waals surface area contributed by atoms with Crippen LogP contribution in [0.3, 0.4) is 0 Å². The fourth-order valence-corrected chi connectivity index (χ4v) is 3.31. The topological polar surface area (TPSA) is 46.9 Å². The summed E-state index contributed by atoms with van der Waals surface area (Å²) in [5.41, 5.74) is 3.63. The lowest BCUT2D eigenvalue weighted by Gasteiger charge is -2.10. The van der Waals surface area contributed by atoms with E-state index >= 15 is 0 Å². The number of hydrogen-bond acceptors (Lipinski definition) is 2. The molecule has 4 heteroatoms. The predicted molar refractivity (Wildman–Crippen MR) is 111 cm³/mol. The first kappa shape index (κ1) is 19.2. The third-order valence-corrected chi connectivity index (χ3v) is 4.82. The molecule has 0 saturated carbocycles. The maximum absolute atomic E-state index is 11.7. The van der Waals surface area contributed by atoms with Crippen LogP contribution in [0, 0.1) is 5.92 Å². The Labute approximate surface area is 161 Å². The molecule has 3 aromatic rings. The third kappa shape index (κ3) is 5.19. The molecular weight excluding hydrogens is 334 g/mol. The average Bonchev–Trinajstić information content (AvgIpc) is 3.03. The van der Waals surface area contributed by atoms with Crippen LogP contribution in [-0.2, 0) is 24.2 Å². The van der Waals surface area contributed by atoms with Gasteiger partial charge in [-0.3, -0.25) is 4.79 Å². The molecule has 3 rings (SSSR count). The normalized spacial score (nSPS) is 11.2. The molecule has 0 aliphatic rings. The first-order valence-electron chi connectivity index (χ1n) is 9.91. The quantitative estimate of drug-likeness (QED) is 0.574. The van der Waals surface area contributed by atoms with E-state index in [1.54, 1.807) is 0 Å². The van der Waals surface area contributed by atoms with Gasteiger partial charge in [-0.2, -0.15) is 0 Å². The summed E-state index contributed by atoms with van der Waals surface area (Å²) in [6, 6.07) is 19.0. The zero-order valence-electron chi connectivity index (χ0n) is 16.3. The number of nitrogens with zero attached hydrogens (tertiary/aromatic N) is 2. The van der Waals surface area contributed by atoms with Gasteiger partial charge >= 0.3 is 0 Å². The summed E-state index contributed by atoms with van der Waals surface area (Å²) in [7, 11) is 0. The highest BCUT2D eigenvalue weighted by Gasteiger charge is 2.11. The molecule has 0 radical (unpaired) electrons. The molecule has 142 valence electrons. The van der Waals surface area contributed by atoms with E-state index in [-0.39, 0.29) is 11.8 Å². The molecule has 0 unspecified atom stereocenters. The molecular formula is C23H29N3O. The van der Waals surface area contributed by atoms with E-state index in [2.05, 4.69) is 58.4 Å². The molecule has 1 aromatic heterocycles. The number of benzene rings is 2. The molecule has 0 spiro atoms. The largest absolute Gasteiger partial charge is 0.356 e. The Kier molecular flexibility index (Phi) is 6.64. The number of rotatable bonds is 9. The number of aryl methyl sites for hydroxylation is 3. The zero-order chi connectivity index (χ0) is 19.1. The van der Waals surface area contributed by atoms with Crippen LogP contribution in [0.15, 0.2) is 54.6 Å². The average molecular weight is 364 g/mol. The molecule has 2 aromatic carbocycles. The Morgan fingerprint density at radius 1 is 1.00 bits per heavy atom. The van der Waals surface area contributed by atoms with Gasteiger partial charge in [0.1, 0.15) is 5.82 Å². The van der Waals surface area contributed by atoms with Gasteiger partial charge < -0.3 is 9.88 Å². The second-order valence-electron chi connectivity index (χ2n) is 7.31. The van der Waals surface area contributed by atoms with E-state index in [9.17, 15) is 4.79 Å². The van der Waals surface area contributed by atoms with Crippen molar-refractivity contribution in [1.82, 2.24) is 14.9 Å². The van der Waals surface area contributed by atoms with Crippen LogP contribution in [0.25, 0.3) is 11.0 Å². The van der Waals surface area contributed by atoms with Gasteiger partial charge in [0.2, 0.25) is 5.91 Å². The number of para-hydroxylation sites is 2. The summed E-state index contributed by atoms with van der Waals surface area (Å²) in [5.74, 6) is 1.27. The number of carbonyl (C=O) groups is 1. The molecule has 1 heterocycles. The SMILES string of the molecule is CC(C)C(=O)NCCCc1nc2ccccc2n1CCCc1ccccc1. The molecule has 1 amide bonds. The molecule has 1 N–H and O–H groups in total. The van der Waals surface area contributed by atoms with Gasteiger partial charge in [0.25, 0.3) is 0 Å². The van der Waals surface area contributed by atoms with Crippen molar-refractivity contribution in [3.05, 3.63) is 66.0 Å². The molecule has 0 atom stereocenters. The minimum absolute atomic E-state index is 0.0348. The number of imidazole rings is 1. The summed E-state index contributed by atoms with van der Waals surface area (Å²) in [6.45, 7) is 5.50. The van der Waals surface area contributed by atoms with Crippen LogP contribution >= 0.6 is 0 Å². The van der Waals surface area contributed by atoms with Crippen molar-refractivity contribution in [3.63, 3.8) is 0 Å². The number of fused-ring (bicyclic) bond motifs is 1. The lowest BCUT2D eigenvalue weighted by atomic mass is 10.1. The van der Waals surface area contributed by atoms with Crippen molar-refractivity contribution in [3.8, 4) is 0 Å². The van der Waals surface area contributed by atoms with Crippen LogP contribution in [0.4, 0.5) is 0 Å². The Morgan fingerprint density at radius 3 is 2.52 bits per heavy atom. The Bertz CT molecular complexity index is 868. The standard InChI is InChI=1S/C23H29N3O/c1-18(2)23(27)24-16-8-15-22-25-20-13-6-7-14-21(20)26(22)17-9-12-19-10-4-3-5-11-19/h3-7,10-11,13-14,18H,8-9,12,15-17H2,1-2H3,(H,24,27). The number of aromatic nitrogens is 2. The minimum Gasteiger partial charge on any atom is -0.356 e. The van der Waals surface area contributed by atoms with E-state index in [0.717, 1.165) is 43.6 Å². The molecule has 0 aliphatic carbocycles. The van der Waals surface area contributed by atoms with Gasteiger partial charge in [-0.25, -0.2) is 4.98 Å². The van der Waals surface area contributed by atoms with Crippen LogP contribution in [-0.4, -0.2) is 22.0 Å². The molecule has 27 heavy (non-hydrogen) atoms. The van der Waals surface area contributed by atoms with Crippen LogP contribution in [0.1, 0.15) is 38.1 Å². The zero-order valence-corrected chi connectivity index (χ0v) is 16.3. The van der Waals surface area contributed by atoms with E-state index in [0.29, 0.717) is 6.54 Å². The molecule has 0 aliphatic heterocycles. The molecule has 0 bridgehead atoms. The van der Waals surface area contributed by atoms with E-state index in [1.165, 1.54) is 11.1 Å². The number of carbonyl (C=O) groups excluding carboxylic acids is 1. The van der Waals surface area contributed by atoms with E-state index in [4.69, 9.17) is 4.98 Å². The Balaban J connectivity index is 1.63. The predicted octanol–water partition coefficient (Wildman–Crippen LogP) is 4.37. The highest BCUT2D eigenvalue weighted by molar-refractivity contribution is 5.77. The number of nitrogens with one attached hydrogen (secondary N) is 1. The highest BCUT2D eigenvalue weighted by atomic mass is 16.1. The van der Waals surface area contributed by atoms with Gasteiger partial charge in [0, 0.05) is 25.4 Å². The minimum atomic E-state index is 0.0348. The van der Waals surface area contributed by atoms with E-state index in [1.807, 2.05) is 19.9 Å². The summed E-state index contributed by atoms with van der Waals surface area (Å²) in [4.78, 5) is 16.5. The monoisotopic (exact) mass is 363 g/mol. The summed E-state index contributed by atoms with van der Waals surface area (Å²) < 4.78 is 2.35. The highest BCUT2D eigenvalue weighted by Crippen LogP contribution is 2.18. The molecule has 0 saturated heterocycles. The maximum atomic E-state index is 11.7. The fourth-order valence-electron chi connectivity index (χ4n) is 3.31. The number of amides is 1. The van der Waals surface area contributed by atoms with E-state index < -0.39 is 0 Å². The van der Waals surface area contributed by atoms with Gasteiger partial charge in [-0.15, -0.1) is 0 Å². The summed E-state index contributed by atoms with van der Waals surface area (Å²) >= 11 is 0. The fraction of sp³-hybridized carbons (Fsp3) is 0.391. The van der Waals surface area contributed by atoms with Gasteiger partial charge in [0.15, 0.2) is 0 Å². The summed E-state index contributed by atoms with van der Waals surface area (Å²) in [6.07, 6.45) is 3.93. The first-order chi connectivity index (χ1) is 13.1. The second-order valence-corrected chi connectivity index (χ2v) is 7.31. The van der Waals surface area contributed by atoms with Crippen LogP contribution < -0.4 is 5.32 Å². The third-order valence-electron chi connectivity index (χ3n) is 4.82. The van der Waals surface area contributed by atoms with Gasteiger partial charge in [-0.1, -0.05) is 56.3 Å². The van der Waals surface area contributed by atoms with Gasteiger partial charge in [0.05, 0.1) is 11.0 Å². The van der Waals surface area contributed by atoms with Crippen molar-refractivity contribution in [2.24, 2.45) is 5.92 Å². The Morgan fingerprint density at radius 2 is 1.74 bits per heavy atom. The van der Waals surface area contributed by atoms with Gasteiger partial charge in [-0.05, 0) is 37.0 Å². The van der Waals surface area contributed by atoms with Crippen LogP contribution in [0.2, 0.25) is 0 Å². The Hall–Kier alpha value is -2.62. The van der Waals surface area contributed by atoms with Crippen molar-refractivity contribution >= 4 is 16.9 Å². The van der Waals surface area contributed by atoms with Crippen molar-refractivity contribution in [1.29, 1.82) is 0 Å². The van der Waals surface area contributed by atoms with Crippen LogP contribution in [0.5, 0.6) is 0 Å². The van der Waals surface area contributed by atoms with Crippen molar-refractivity contribution in [2.75, 3.05) is 6.54 Å². The number of hydrogen-bond donors (Lipinski definition) is 1. The molecule has 4 nitrogen and oxygen atoms in total. The summed E-state index contributed by atoms with van der Waals surface area (Å²) in [5, 5.41) is 2.99. The smallest absolute Gasteiger partial charge is 0.222 e. The molecule has 0 fully saturated rings. The lowest BCUT2D eigenvalue weighted by molar-refractivity contribution is -0.123.